The fourth-order valence-electron chi connectivity index (χ4n) is 6.38. The van der Waals surface area contributed by atoms with Crippen LogP contribution in [0.4, 0.5) is 19.0 Å². The van der Waals surface area contributed by atoms with Crippen LogP contribution in [-0.4, -0.2) is 74.1 Å². The number of rotatable bonds is 10. The molecule has 0 bridgehead atoms. The number of hydrogen-bond donors (Lipinski definition) is 2. The van der Waals surface area contributed by atoms with Crippen molar-refractivity contribution in [2.75, 3.05) is 24.5 Å². The molecule has 256 valence electrons. The lowest BCUT2D eigenvalue weighted by molar-refractivity contribution is -0.141. The Kier molecular flexibility index (Phi) is 9.50. The number of amides is 3. The van der Waals surface area contributed by atoms with Crippen molar-refractivity contribution in [1.29, 1.82) is 0 Å². The Hall–Kier alpha value is -5.11. The molecular formula is C35H37F3N8O3. The average Bonchev–Trinajstić information content (AvgIpc) is 3.51. The summed E-state index contributed by atoms with van der Waals surface area (Å²) in [5.74, 6) is -2.80. The zero-order valence-corrected chi connectivity index (χ0v) is 27.3. The number of nitrogens with zero attached hydrogens (tertiary/aromatic N) is 6. The van der Waals surface area contributed by atoms with E-state index in [1.807, 2.05) is 55.5 Å². The monoisotopic (exact) mass is 674 g/mol. The number of aromatic nitrogens is 4. The molecule has 49 heavy (non-hydrogen) atoms. The number of fused-ring (bicyclic) bond motifs is 1. The van der Waals surface area contributed by atoms with E-state index in [0.717, 1.165) is 31.3 Å². The number of halogens is 3. The molecule has 4 aromatic rings. The summed E-state index contributed by atoms with van der Waals surface area (Å²) in [6.07, 6.45) is -1.17. The van der Waals surface area contributed by atoms with Gasteiger partial charge in [-0.05, 0) is 62.7 Å². The highest BCUT2D eigenvalue weighted by atomic mass is 19.4. The van der Waals surface area contributed by atoms with E-state index in [-0.39, 0.29) is 31.0 Å². The summed E-state index contributed by atoms with van der Waals surface area (Å²) in [5.41, 5.74) is 1.47. The van der Waals surface area contributed by atoms with E-state index >= 15 is 0 Å². The van der Waals surface area contributed by atoms with Crippen LogP contribution in [0, 0.1) is 5.92 Å². The molecule has 1 saturated heterocycles. The minimum absolute atomic E-state index is 0.0751. The molecule has 3 amide bonds. The van der Waals surface area contributed by atoms with Crippen LogP contribution in [0.1, 0.15) is 66.1 Å². The minimum atomic E-state index is -4.79. The molecule has 2 unspecified atom stereocenters. The van der Waals surface area contributed by atoms with Gasteiger partial charge in [0.15, 0.2) is 0 Å². The number of hydrogen-bond acceptors (Lipinski definition) is 7. The van der Waals surface area contributed by atoms with Gasteiger partial charge in [-0.1, -0.05) is 49.4 Å². The maximum atomic E-state index is 14.3. The van der Waals surface area contributed by atoms with Crippen LogP contribution in [0.5, 0.6) is 0 Å². The number of likely N-dealkylation sites (tertiary alicyclic amines) is 1. The SMILES string of the molecule is CCN1C(=O)[C@@H](NC(=O)c2nccc(C(F)(F)F)n2)[C@H](c2cccc(CNC(=O)C(C)C(C)N3CCC3)c2)c2cnn(-c3ccccc3)c21. The second kappa shape index (κ2) is 13.8. The molecule has 4 heterocycles. The average molecular weight is 675 g/mol. The van der Waals surface area contributed by atoms with Gasteiger partial charge in [-0.2, -0.15) is 18.3 Å². The van der Waals surface area contributed by atoms with E-state index in [9.17, 15) is 27.6 Å². The fraction of sp³-hybridized carbons (Fsp3) is 0.371. The topological polar surface area (TPSA) is 125 Å². The smallest absolute Gasteiger partial charge is 0.352 e. The second-order valence-electron chi connectivity index (χ2n) is 12.3. The Morgan fingerprint density at radius 2 is 1.80 bits per heavy atom. The first-order chi connectivity index (χ1) is 23.5. The molecule has 2 aromatic carbocycles. The van der Waals surface area contributed by atoms with E-state index in [1.54, 1.807) is 23.9 Å². The molecule has 11 nitrogen and oxygen atoms in total. The van der Waals surface area contributed by atoms with Gasteiger partial charge in [0.2, 0.25) is 11.7 Å². The third kappa shape index (κ3) is 6.77. The lowest BCUT2D eigenvalue weighted by atomic mass is 9.82. The van der Waals surface area contributed by atoms with Crippen molar-refractivity contribution in [3.8, 4) is 5.69 Å². The summed E-state index contributed by atoms with van der Waals surface area (Å²) < 4.78 is 41.9. The Morgan fingerprint density at radius 3 is 2.47 bits per heavy atom. The maximum absolute atomic E-state index is 14.3. The molecule has 0 radical (unpaired) electrons. The molecule has 0 spiro atoms. The number of anilines is 1. The molecule has 2 aliphatic rings. The highest BCUT2D eigenvalue weighted by Gasteiger charge is 2.45. The normalized spacial score (nSPS) is 19.1. The van der Waals surface area contributed by atoms with Gasteiger partial charge in [0.25, 0.3) is 11.8 Å². The number of nitrogens with one attached hydrogen (secondary N) is 2. The molecule has 2 aliphatic heterocycles. The number of likely N-dealkylation sites (N-methyl/N-ethyl adjacent to an activating group) is 1. The van der Waals surface area contributed by atoms with Crippen LogP contribution in [0.3, 0.4) is 0 Å². The Bertz CT molecular complexity index is 1840. The van der Waals surface area contributed by atoms with Crippen LogP contribution >= 0.6 is 0 Å². The van der Waals surface area contributed by atoms with Crippen molar-refractivity contribution in [2.24, 2.45) is 5.92 Å². The summed E-state index contributed by atoms with van der Waals surface area (Å²) in [5, 5.41) is 10.3. The van der Waals surface area contributed by atoms with Crippen molar-refractivity contribution in [3.05, 3.63) is 101 Å². The van der Waals surface area contributed by atoms with Gasteiger partial charge in [-0.3, -0.25) is 24.2 Å². The number of carbonyl (C=O) groups excluding carboxylic acids is 3. The van der Waals surface area contributed by atoms with E-state index < -0.39 is 41.5 Å². The second-order valence-corrected chi connectivity index (χ2v) is 12.3. The zero-order valence-electron chi connectivity index (χ0n) is 27.3. The first-order valence-corrected chi connectivity index (χ1v) is 16.2. The van der Waals surface area contributed by atoms with Gasteiger partial charge in [0.05, 0.1) is 17.8 Å². The molecule has 2 aromatic heterocycles. The summed E-state index contributed by atoms with van der Waals surface area (Å²) in [7, 11) is 0. The lowest BCUT2D eigenvalue weighted by Gasteiger charge is -2.39. The van der Waals surface area contributed by atoms with Gasteiger partial charge in [-0.15, -0.1) is 0 Å². The molecule has 14 heteroatoms. The van der Waals surface area contributed by atoms with E-state index in [4.69, 9.17) is 0 Å². The van der Waals surface area contributed by atoms with Crippen molar-refractivity contribution in [3.63, 3.8) is 0 Å². The van der Waals surface area contributed by atoms with Gasteiger partial charge in [0, 0.05) is 36.8 Å². The molecular weight excluding hydrogens is 637 g/mol. The third-order valence-electron chi connectivity index (χ3n) is 9.36. The Morgan fingerprint density at radius 1 is 1.04 bits per heavy atom. The number of carbonyl (C=O) groups is 3. The standard InChI is InChI=1S/C35H37F3N8O3/c1-4-45-33-26(20-41-46(33)25-12-6-5-7-13-25)28(29(34(45)49)43-32(48)30-39-15-14-27(42-30)35(36,37)38)24-11-8-10-23(18-24)19-40-31(47)21(2)22(3)44-16-9-17-44/h5-8,10-15,18,20-22,28-29H,4,9,16-17,19H2,1-3H3,(H,40,47)(H,43,48)/t21?,22?,28-,29+/m1/s1. The number of alkyl halides is 3. The number of para-hydroxylation sites is 1. The quantitative estimate of drug-likeness (QED) is 0.257. The minimum Gasteiger partial charge on any atom is -0.352 e. The van der Waals surface area contributed by atoms with Gasteiger partial charge in [0.1, 0.15) is 17.6 Å². The first-order valence-electron chi connectivity index (χ1n) is 16.2. The van der Waals surface area contributed by atoms with Crippen LogP contribution in [0.2, 0.25) is 0 Å². The van der Waals surface area contributed by atoms with Gasteiger partial charge < -0.3 is 10.6 Å². The predicted octanol–water partition coefficient (Wildman–Crippen LogP) is 4.32. The van der Waals surface area contributed by atoms with Crippen molar-refractivity contribution < 1.29 is 27.6 Å². The van der Waals surface area contributed by atoms with Crippen LogP contribution in [0.15, 0.2) is 73.1 Å². The largest absolute Gasteiger partial charge is 0.433 e. The van der Waals surface area contributed by atoms with Crippen LogP contribution in [-0.2, 0) is 22.3 Å². The Balaban J connectivity index is 1.35. The highest BCUT2D eigenvalue weighted by molar-refractivity contribution is 6.04. The molecule has 6 rings (SSSR count). The van der Waals surface area contributed by atoms with Crippen LogP contribution < -0.4 is 15.5 Å². The van der Waals surface area contributed by atoms with Crippen molar-refractivity contribution >= 4 is 23.5 Å². The summed E-state index contributed by atoms with van der Waals surface area (Å²) >= 11 is 0. The van der Waals surface area contributed by atoms with Crippen LogP contribution in [0.25, 0.3) is 5.69 Å². The van der Waals surface area contributed by atoms with Gasteiger partial charge in [-0.25, -0.2) is 14.6 Å². The highest BCUT2D eigenvalue weighted by Crippen LogP contribution is 2.41. The molecule has 0 saturated carbocycles. The summed E-state index contributed by atoms with van der Waals surface area (Å²) in [6, 6.07) is 16.1. The van der Waals surface area contributed by atoms with E-state index in [0.29, 0.717) is 28.7 Å². The molecule has 4 atom stereocenters. The predicted molar refractivity (Wildman–Crippen MR) is 175 cm³/mol. The summed E-state index contributed by atoms with van der Waals surface area (Å²) in [4.78, 5) is 51.8. The third-order valence-corrected chi connectivity index (χ3v) is 9.36. The lowest BCUT2D eigenvalue weighted by Crippen LogP contribution is -2.55. The Labute approximate surface area is 281 Å². The zero-order chi connectivity index (χ0) is 34.9. The summed E-state index contributed by atoms with van der Waals surface area (Å²) in [6.45, 7) is 8.17. The molecule has 1 fully saturated rings. The maximum Gasteiger partial charge on any atom is 0.433 e. The van der Waals surface area contributed by atoms with Crippen molar-refractivity contribution in [1.82, 2.24) is 35.3 Å². The first kappa shape index (κ1) is 33.8. The number of benzene rings is 2. The van der Waals surface area contributed by atoms with Gasteiger partial charge >= 0.3 is 6.18 Å². The molecule has 0 aliphatic carbocycles. The fourth-order valence-corrected chi connectivity index (χ4v) is 6.38. The van der Waals surface area contributed by atoms with E-state index in [1.165, 1.54) is 4.90 Å². The van der Waals surface area contributed by atoms with Crippen molar-refractivity contribution in [2.45, 2.75) is 57.9 Å². The molecule has 2 N–H and O–H groups in total. The van der Waals surface area contributed by atoms with E-state index in [2.05, 4.69) is 37.5 Å².